The summed E-state index contributed by atoms with van der Waals surface area (Å²) in [5.41, 5.74) is 9.38. The summed E-state index contributed by atoms with van der Waals surface area (Å²) in [4.78, 5) is 5.25. The number of hydrogen-bond acceptors (Lipinski definition) is 2. The van der Waals surface area contributed by atoms with Crippen LogP contribution in [0.5, 0.6) is 0 Å². The first-order valence-corrected chi connectivity index (χ1v) is 14.6. The summed E-state index contributed by atoms with van der Waals surface area (Å²) in [5, 5.41) is 3.25. The van der Waals surface area contributed by atoms with Crippen molar-refractivity contribution < 1.29 is 2.74 Å². The Morgan fingerprint density at radius 3 is 2.05 bits per heavy atom. The number of imidazole rings is 1. The summed E-state index contributed by atoms with van der Waals surface area (Å²) < 4.78 is 20.7. The molecule has 0 aliphatic heterocycles. The lowest BCUT2D eigenvalue weighted by atomic mass is 9.95. The molecule has 0 fully saturated rings. The lowest BCUT2D eigenvalue weighted by Crippen LogP contribution is -2.03. The monoisotopic (exact) mass is 536 g/mol. The van der Waals surface area contributed by atoms with Crippen LogP contribution in [0.2, 0.25) is 0 Å². The molecule has 0 aliphatic carbocycles. The Labute approximate surface area is 242 Å². The predicted molar refractivity (Wildman–Crippen MR) is 171 cm³/mol. The fourth-order valence-corrected chi connectivity index (χ4v) is 6.52. The normalized spacial score (nSPS) is 12.7. The number of hydrogen-bond donors (Lipinski definition) is 0. The SMILES string of the molecule is [2H]C([2H])(c1ccc2c(-c3nc4ccccc4n3-c3c(-c4ccccc4)cccc3-c3ccccc3)csc2c1)C(C)C. The molecule has 194 valence electrons. The van der Waals surface area contributed by atoms with Crippen LogP contribution in [0.3, 0.4) is 0 Å². The third kappa shape index (κ3) is 4.33. The van der Waals surface area contributed by atoms with Crippen molar-refractivity contribution in [3.05, 3.63) is 132 Å². The van der Waals surface area contributed by atoms with Gasteiger partial charge >= 0.3 is 0 Å². The average molecular weight is 537 g/mol. The van der Waals surface area contributed by atoms with Gasteiger partial charge in [0.05, 0.1) is 16.7 Å². The van der Waals surface area contributed by atoms with Crippen LogP contribution in [0.1, 0.15) is 22.2 Å². The largest absolute Gasteiger partial charge is 0.291 e. The second-order valence-corrected chi connectivity index (χ2v) is 11.3. The molecule has 0 atom stereocenters. The molecule has 0 saturated heterocycles. The van der Waals surface area contributed by atoms with E-state index in [1.165, 1.54) is 0 Å². The van der Waals surface area contributed by atoms with Gasteiger partial charge < -0.3 is 0 Å². The lowest BCUT2D eigenvalue weighted by Gasteiger charge is -2.19. The van der Waals surface area contributed by atoms with Gasteiger partial charge in [-0.1, -0.05) is 117 Å². The third-order valence-electron chi connectivity index (χ3n) is 7.26. The molecule has 3 heteroatoms. The maximum Gasteiger partial charge on any atom is 0.147 e. The van der Waals surface area contributed by atoms with Gasteiger partial charge in [0.15, 0.2) is 0 Å². The highest BCUT2D eigenvalue weighted by Crippen LogP contribution is 2.42. The van der Waals surface area contributed by atoms with Crippen molar-refractivity contribution in [1.29, 1.82) is 0 Å². The Morgan fingerprint density at radius 1 is 0.725 bits per heavy atom. The molecule has 0 aliphatic rings. The smallest absolute Gasteiger partial charge is 0.147 e. The predicted octanol–water partition coefficient (Wildman–Crippen LogP) is 10.4. The van der Waals surface area contributed by atoms with E-state index in [0.29, 0.717) is 5.56 Å². The summed E-state index contributed by atoms with van der Waals surface area (Å²) >= 11 is 1.65. The number of rotatable bonds is 6. The molecule has 5 aromatic carbocycles. The van der Waals surface area contributed by atoms with Crippen LogP contribution in [0.25, 0.3) is 60.4 Å². The van der Waals surface area contributed by atoms with Gasteiger partial charge in [-0.3, -0.25) is 4.57 Å². The topological polar surface area (TPSA) is 17.8 Å². The molecule has 0 radical (unpaired) electrons. The summed E-state index contributed by atoms with van der Waals surface area (Å²) in [6, 6.07) is 42.0. The second-order valence-electron chi connectivity index (χ2n) is 10.4. The number of nitrogens with zero attached hydrogens (tertiary/aromatic N) is 2. The van der Waals surface area contributed by atoms with Crippen molar-refractivity contribution in [2.24, 2.45) is 5.92 Å². The molecule has 2 nitrogen and oxygen atoms in total. The van der Waals surface area contributed by atoms with Crippen molar-refractivity contribution in [1.82, 2.24) is 9.55 Å². The Hall–Kier alpha value is -4.47. The molecule has 7 rings (SSSR count). The second kappa shape index (κ2) is 10.3. The average Bonchev–Trinajstić information content (AvgIpc) is 3.62. The molecule has 0 unspecified atom stereocenters. The van der Waals surface area contributed by atoms with Crippen molar-refractivity contribution >= 4 is 32.5 Å². The molecule has 7 aromatic rings. The Balaban J connectivity index is 1.54. The van der Waals surface area contributed by atoms with Crippen molar-refractivity contribution in [3.63, 3.8) is 0 Å². The van der Waals surface area contributed by atoms with Crippen LogP contribution in [0, 0.1) is 5.92 Å². The maximum atomic E-state index is 8.65. The Morgan fingerprint density at radius 2 is 1.38 bits per heavy atom. The van der Waals surface area contributed by atoms with E-state index >= 15 is 0 Å². The van der Waals surface area contributed by atoms with Gasteiger partial charge in [-0.05, 0) is 47.2 Å². The minimum Gasteiger partial charge on any atom is -0.291 e. The van der Waals surface area contributed by atoms with E-state index in [2.05, 4.69) is 113 Å². The lowest BCUT2D eigenvalue weighted by molar-refractivity contribution is 0.648. The first-order valence-electron chi connectivity index (χ1n) is 14.7. The van der Waals surface area contributed by atoms with Crippen LogP contribution >= 0.6 is 11.3 Å². The summed E-state index contributed by atoms with van der Waals surface area (Å²) in [6.07, 6.45) is -1.40. The number of aromatic nitrogens is 2. The molecule has 0 saturated carbocycles. The minimum atomic E-state index is -1.40. The maximum absolute atomic E-state index is 8.65. The summed E-state index contributed by atoms with van der Waals surface area (Å²) in [7, 11) is 0. The van der Waals surface area contributed by atoms with Gasteiger partial charge in [0, 0.05) is 34.9 Å². The van der Waals surface area contributed by atoms with E-state index in [-0.39, 0.29) is 5.92 Å². The van der Waals surface area contributed by atoms with Gasteiger partial charge in [0.2, 0.25) is 0 Å². The van der Waals surface area contributed by atoms with Crippen LogP contribution in [-0.4, -0.2) is 9.55 Å². The highest BCUT2D eigenvalue weighted by Gasteiger charge is 2.22. The van der Waals surface area contributed by atoms with Crippen molar-refractivity contribution in [3.8, 4) is 39.3 Å². The Kier molecular flexibility index (Phi) is 5.73. The molecule has 0 spiro atoms. The molecule has 0 N–H and O–H groups in total. The van der Waals surface area contributed by atoms with E-state index < -0.39 is 6.37 Å². The summed E-state index contributed by atoms with van der Waals surface area (Å²) in [6.45, 7) is 3.86. The number of para-hydroxylation sites is 3. The third-order valence-corrected chi connectivity index (χ3v) is 8.21. The Bertz CT molecular complexity index is 1980. The van der Waals surface area contributed by atoms with Crippen LogP contribution in [-0.2, 0) is 6.37 Å². The minimum absolute atomic E-state index is 0.121. The van der Waals surface area contributed by atoms with Crippen LogP contribution in [0.4, 0.5) is 0 Å². The fourth-order valence-electron chi connectivity index (χ4n) is 5.54. The van der Waals surface area contributed by atoms with Gasteiger partial charge in [0.25, 0.3) is 0 Å². The zero-order valence-electron chi connectivity index (χ0n) is 24.5. The van der Waals surface area contributed by atoms with E-state index in [4.69, 9.17) is 7.73 Å². The number of fused-ring (bicyclic) bond motifs is 2. The molecule has 40 heavy (non-hydrogen) atoms. The van der Waals surface area contributed by atoms with Gasteiger partial charge in [-0.15, -0.1) is 11.3 Å². The standard InChI is InChI=1S/C37H30N2S/c1-25(2)22-26-20-21-31-32(24-40-35(31)23-26)37-38-33-18-9-10-19-34(33)39(37)36-29(27-12-5-3-6-13-27)16-11-17-30(36)28-14-7-4-8-15-28/h3-21,23-25H,22H2,1-2H3/i22D2. The van der Waals surface area contributed by atoms with Crippen LogP contribution < -0.4 is 0 Å². The van der Waals surface area contributed by atoms with Crippen molar-refractivity contribution in [2.45, 2.75) is 20.2 Å². The molecular weight excluding hydrogens is 504 g/mol. The zero-order valence-corrected chi connectivity index (χ0v) is 23.3. The van der Waals surface area contributed by atoms with Crippen LogP contribution in [0.15, 0.2) is 127 Å². The van der Waals surface area contributed by atoms with Gasteiger partial charge in [-0.25, -0.2) is 4.98 Å². The summed E-state index contributed by atoms with van der Waals surface area (Å²) in [5.74, 6) is 0.757. The molecule has 0 amide bonds. The van der Waals surface area contributed by atoms with E-state index in [1.807, 2.05) is 32.0 Å². The fraction of sp³-hybridized carbons (Fsp3) is 0.108. The highest BCUT2D eigenvalue weighted by molar-refractivity contribution is 7.17. The first kappa shape index (κ1) is 22.4. The first-order chi connectivity index (χ1) is 20.4. The van der Waals surface area contributed by atoms with Gasteiger partial charge in [0.1, 0.15) is 5.82 Å². The van der Waals surface area contributed by atoms with E-state index in [9.17, 15) is 0 Å². The molecule has 2 heterocycles. The van der Waals surface area contributed by atoms with E-state index in [1.54, 1.807) is 11.3 Å². The van der Waals surface area contributed by atoms with Gasteiger partial charge in [-0.2, -0.15) is 0 Å². The molecular formula is C37H30N2S. The molecule has 0 bridgehead atoms. The number of thiophene rings is 1. The molecule has 2 aromatic heterocycles. The van der Waals surface area contributed by atoms with Crippen molar-refractivity contribution in [2.75, 3.05) is 0 Å². The quantitative estimate of drug-likeness (QED) is 0.207. The van der Waals surface area contributed by atoms with E-state index in [0.717, 1.165) is 60.4 Å². The zero-order chi connectivity index (χ0) is 28.8. The highest BCUT2D eigenvalue weighted by atomic mass is 32.1. The number of benzene rings is 5.